The van der Waals surface area contributed by atoms with Gasteiger partial charge in [-0.3, -0.25) is 16.0 Å². The highest BCUT2D eigenvalue weighted by atomic mass is 32.2. The van der Waals surface area contributed by atoms with Crippen molar-refractivity contribution >= 4 is 9.84 Å². The Hall–Kier alpha value is -1.12. The average molecular weight is 316 g/mol. The zero-order valence-corrected chi connectivity index (χ0v) is 13.4. The molecule has 8 heteroatoms. The number of nitrogens with one attached hydrogen (secondary N) is 1. The van der Waals surface area contributed by atoms with E-state index in [1.54, 1.807) is 13.3 Å². The SMILES string of the molecule is CCCn1ncc(OC)c1C(CC1CCS(=O)(=O)C1)NN. The molecule has 2 atom stereocenters. The maximum atomic E-state index is 11.6. The Kier molecular flexibility index (Phi) is 5.23. The number of nitrogens with two attached hydrogens (primary N) is 1. The lowest BCUT2D eigenvalue weighted by atomic mass is 9.97. The second-order valence-electron chi connectivity index (χ2n) is 5.55. The fraction of sp³-hybridized carbons (Fsp3) is 0.769. The first-order valence-corrected chi connectivity index (χ1v) is 9.09. The first kappa shape index (κ1) is 16.3. The van der Waals surface area contributed by atoms with Crippen LogP contribution in [0.4, 0.5) is 0 Å². The number of sulfone groups is 1. The van der Waals surface area contributed by atoms with Gasteiger partial charge in [-0.15, -0.1) is 0 Å². The van der Waals surface area contributed by atoms with Gasteiger partial charge in [0.25, 0.3) is 0 Å². The second kappa shape index (κ2) is 6.76. The molecule has 1 aliphatic rings. The molecule has 3 N–H and O–H groups in total. The summed E-state index contributed by atoms with van der Waals surface area (Å²) in [5.41, 5.74) is 3.69. The largest absolute Gasteiger partial charge is 0.493 e. The highest BCUT2D eigenvalue weighted by Crippen LogP contribution is 2.32. The van der Waals surface area contributed by atoms with E-state index in [4.69, 9.17) is 10.6 Å². The van der Waals surface area contributed by atoms with Crippen molar-refractivity contribution in [1.82, 2.24) is 15.2 Å². The van der Waals surface area contributed by atoms with E-state index in [9.17, 15) is 8.42 Å². The second-order valence-corrected chi connectivity index (χ2v) is 7.77. The standard InChI is InChI=1S/C13H24N4O3S/c1-3-5-17-13(12(20-2)8-15-17)11(16-14)7-10-4-6-21(18,19)9-10/h8,10-11,16H,3-7,9,14H2,1-2H3. The highest BCUT2D eigenvalue weighted by Gasteiger charge is 2.32. The molecule has 2 rings (SSSR count). The Balaban J connectivity index is 2.19. The van der Waals surface area contributed by atoms with Crippen LogP contribution >= 0.6 is 0 Å². The summed E-state index contributed by atoms with van der Waals surface area (Å²) in [6, 6.07) is -0.160. The molecule has 1 aromatic rings. The minimum atomic E-state index is -2.88. The molecule has 0 aliphatic carbocycles. The molecule has 2 unspecified atom stereocenters. The average Bonchev–Trinajstić information content (AvgIpc) is 2.99. The maximum Gasteiger partial charge on any atom is 0.161 e. The summed E-state index contributed by atoms with van der Waals surface area (Å²) < 4.78 is 30.4. The van der Waals surface area contributed by atoms with Crippen LogP contribution in [0.2, 0.25) is 0 Å². The summed E-state index contributed by atoms with van der Waals surface area (Å²) in [5.74, 6) is 7.04. The molecule has 2 heterocycles. The summed E-state index contributed by atoms with van der Waals surface area (Å²) in [7, 11) is -1.27. The maximum absolute atomic E-state index is 11.6. The van der Waals surface area contributed by atoms with Crippen LogP contribution in [0.25, 0.3) is 0 Å². The molecule has 1 aliphatic heterocycles. The highest BCUT2D eigenvalue weighted by molar-refractivity contribution is 7.91. The molecule has 0 amide bonds. The zero-order valence-electron chi connectivity index (χ0n) is 12.6. The lowest BCUT2D eigenvalue weighted by Gasteiger charge is -2.21. The molecule has 1 saturated heterocycles. The minimum absolute atomic E-state index is 0.130. The molecule has 1 fully saturated rings. The third-order valence-corrected chi connectivity index (χ3v) is 5.76. The van der Waals surface area contributed by atoms with E-state index in [2.05, 4.69) is 17.4 Å². The van der Waals surface area contributed by atoms with E-state index >= 15 is 0 Å². The van der Waals surface area contributed by atoms with E-state index < -0.39 is 9.84 Å². The van der Waals surface area contributed by atoms with Crippen LogP contribution in [0.1, 0.15) is 37.9 Å². The molecule has 7 nitrogen and oxygen atoms in total. The predicted molar refractivity (Wildman–Crippen MR) is 80.5 cm³/mol. The molecule has 1 aromatic heterocycles. The predicted octanol–water partition coefficient (Wildman–Crippen LogP) is 0.631. The molecule has 0 bridgehead atoms. The number of ether oxygens (including phenoxy) is 1. The third-order valence-electron chi connectivity index (χ3n) is 3.93. The van der Waals surface area contributed by atoms with E-state index in [1.165, 1.54) is 0 Å². The number of nitrogens with zero attached hydrogens (tertiary/aromatic N) is 2. The lowest BCUT2D eigenvalue weighted by Crippen LogP contribution is -2.32. The fourth-order valence-corrected chi connectivity index (χ4v) is 4.81. The fourth-order valence-electron chi connectivity index (χ4n) is 2.93. The molecule has 120 valence electrons. The van der Waals surface area contributed by atoms with Crippen molar-refractivity contribution in [2.24, 2.45) is 11.8 Å². The van der Waals surface area contributed by atoms with Crippen LogP contribution < -0.4 is 16.0 Å². The van der Waals surface area contributed by atoms with Gasteiger partial charge in [0.2, 0.25) is 0 Å². The van der Waals surface area contributed by atoms with Crippen molar-refractivity contribution in [3.63, 3.8) is 0 Å². The Labute approximate surface area is 125 Å². The molecular formula is C13H24N4O3S. The Bertz CT molecular complexity index is 570. The van der Waals surface area contributed by atoms with Gasteiger partial charge in [-0.1, -0.05) is 6.92 Å². The smallest absolute Gasteiger partial charge is 0.161 e. The summed E-state index contributed by atoms with van der Waals surface area (Å²) in [6.45, 7) is 2.85. The minimum Gasteiger partial charge on any atom is -0.493 e. The first-order valence-electron chi connectivity index (χ1n) is 7.27. The zero-order chi connectivity index (χ0) is 15.5. The van der Waals surface area contributed by atoms with Gasteiger partial charge in [-0.05, 0) is 25.2 Å². The van der Waals surface area contributed by atoms with Gasteiger partial charge in [-0.2, -0.15) is 5.10 Å². The number of aromatic nitrogens is 2. The number of aryl methyl sites for hydroxylation is 1. The van der Waals surface area contributed by atoms with E-state index in [1.807, 2.05) is 4.68 Å². The van der Waals surface area contributed by atoms with Gasteiger partial charge in [0, 0.05) is 6.54 Å². The van der Waals surface area contributed by atoms with Crippen molar-refractivity contribution < 1.29 is 13.2 Å². The van der Waals surface area contributed by atoms with Crippen LogP contribution in [0.3, 0.4) is 0 Å². The van der Waals surface area contributed by atoms with E-state index in [0.29, 0.717) is 18.6 Å². The summed E-state index contributed by atoms with van der Waals surface area (Å²) in [4.78, 5) is 0. The van der Waals surface area contributed by atoms with Crippen molar-refractivity contribution in [1.29, 1.82) is 0 Å². The van der Waals surface area contributed by atoms with Crippen LogP contribution in [-0.4, -0.2) is 36.8 Å². The van der Waals surface area contributed by atoms with Crippen LogP contribution in [0, 0.1) is 5.92 Å². The van der Waals surface area contributed by atoms with Crippen molar-refractivity contribution in [3.05, 3.63) is 11.9 Å². The molecule has 0 aromatic carbocycles. The van der Waals surface area contributed by atoms with Gasteiger partial charge < -0.3 is 4.74 Å². The van der Waals surface area contributed by atoms with Gasteiger partial charge in [0.1, 0.15) is 0 Å². The summed E-state index contributed by atoms with van der Waals surface area (Å²) >= 11 is 0. The van der Waals surface area contributed by atoms with Crippen molar-refractivity contribution in [2.45, 2.75) is 38.8 Å². The normalized spacial score (nSPS) is 22.3. The van der Waals surface area contributed by atoms with Gasteiger partial charge in [0.05, 0.1) is 36.5 Å². The van der Waals surface area contributed by atoms with Crippen LogP contribution in [-0.2, 0) is 16.4 Å². The topological polar surface area (TPSA) is 99.2 Å². The molecular weight excluding hydrogens is 292 g/mol. The number of hydrazine groups is 1. The molecule has 21 heavy (non-hydrogen) atoms. The molecule has 0 radical (unpaired) electrons. The first-order chi connectivity index (χ1) is 10.0. The number of methoxy groups -OCH3 is 1. The van der Waals surface area contributed by atoms with Gasteiger partial charge in [0.15, 0.2) is 15.6 Å². The van der Waals surface area contributed by atoms with E-state index in [0.717, 1.165) is 18.7 Å². The number of rotatable bonds is 7. The third kappa shape index (κ3) is 3.75. The monoisotopic (exact) mass is 316 g/mol. The Morgan fingerprint density at radius 1 is 1.62 bits per heavy atom. The number of hydrogen-bond acceptors (Lipinski definition) is 6. The van der Waals surface area contributed by atoms with E-state index in [-0.39, 0.29) is 23.5 Å². The Morgan fingerprint density at radius 2 is 2.38 bits per heavy atom. The number of hydrogen-bond donors (Lipinski definition) is 2. The summed E-state index contributed by atoms with van der Waals surface area (Å²) in [6.07, 6.45) is 4.00. The quantitative estimate of drug-likeness (QED) is 0.565. The van der Waals surface area contributed by atoms with Crippen LogP contribution in [0.5, 0.6) is 5.75 Å². The van der Waals surface area contributed by atoms with Crippen molar-refractivity contribution in [3.8, 4) is 5.75 Å². The molecule has 0 saturated carbocycles. The van der Waals surface area contributed by atoms with Gasteiger partial charge in [-0.25, -0.2) is 8.42 Å². The Morgan fingerprint density at radius 3 is 2.90 bits per heavy atom. The lowest BCUT2D eigenvalue weighted by molar-refractivity contribution is 0.362. The van der Waals surface area contributed by atoms with Gasteiger partial charge >= 0.3 is 0 Å². The summed E-state index contributed by atoms with van der Waals surface area (Å²) in [5, 5.41) is 4.33. The molecule has 0 spiro atoms. The van der Waals surface area contributed by atoms with Crippen molar-refractivity contribution in [2.75, 3.05) is 18.6 Å². The van der Waals surface area contributed by atoms with Crippen LogP contribution in [0.15, 0.2) is 6.20 Å².